The lowest BCUT2D eigenvalue weighted by Gasteiger charge is -2.22. The van der Waals surface area contributed by atoms with Crippen molar-refractivity contribution in [1.82, 2.24) is 10.2 Å². The number of carbonyl (C=O) groups is 3. The molecule has 0 radical (unpaired) electrons. The molecule has 0 aromatic rings. The first kappa shape index (κ1) is 15.4. The Morgan fingerprint density at radius 1 is 1.32 bits per heavy atom. The third-order valence-electron chi connectivity index (χ3n) is 3.15. The van der Waals surface area contributed by atoms with Gasteiger partial charge in [0.25, 0.3) is 0 Å². The van der Waals surface area contributed by atoms with Gasteiger partial charge in [0.1, 0.15) is 6.04 Å². The Hall–Kier alpha value is -1.63. The number of rotatable bonds is 6. The lowest BCUT2D eigenvalue weighted by molar-refractivity contribution is -0.138. The second kappa shape index (κ2) is 7.08. The molecule has 1 saturated heterocycles. The molecule has 0 aromatic carbocycles. The summed E-state index contributed by atoms with van der Waals surface area (Å²) in [6, 6.07) is -1.52. The number of amides is 2. The van der Waals surface area contributed by atoms with Crippen molar-refractivity contribution in [2.45, 2.75) is 44.7 Å². The molecule has 0 spiro atoms. The topological polar surface area (TPSA) is 113 Å². The van der Waals surface area contributed by atoms with Crippen LogP contribution in [0.25, 0.3) is 0 Å². The van der Waals surface area contributed by atoms with Crippen LogP contribution in [0.15, 0.2) is 0 Å². The Morgan fingerprint density at radius 2 is 1.89 bits per heavy atom. The van der Waals surface area contributed by atoms with E-state index in [2.05, 4.69) is 5.32 Å². The van der Waals surface area contributed by atoms with E-state index in [4.69, 9.17) is 10.8 Å². The Labute approximate surface area is 112 Å². The zero-order valence-corrected chi connectivity index (χ0v) is 11.1. The number of nitrogens with two attached hydrogens (primary N) is 1. The number of aliphatic carboxylic acids is 1. The Kier molecular flexibility index (Phi) is 5.75. The van der Waals surface area contributed by atoms with Crippen LogP contribution in [0.2, 0.25) is 0 Å². The largest absolute Gasteiger partial charge is 0.481 e. The van der Waals surface area contributed by atoms with E-state index in [0.29, 0.717) is 0 Å². The zero-order chi connectivity index (χ0) is 14.4. The summed E-state index contributed by atoms with van der Waals surface area (Å²) in [4.78, 5) is 35.7. The summed E-state index contributed by atoms with van der Waals surface area (Å²) in [5.41, 5.74) is 5.57. The monoisotopic (exact) mass is 271 g/mol. The van der Waals surface area contributed by atoms with Crippen molar-refractivity contribution in [2.75, 3.05) is 13.1 Å². The normalized spacial score (nSPS) is 17.9. The summed E-state index contributed by atoms with van der Waals surface area (Å²) in [6.45, 7) is 3.07. The van der Waals surface area contributed by atoms with Crippen LogP contribution in [-0.2, 0) is 14.4 Å². The van der Waals surface area contributed by atoms with Gasteiger partial charge >= 0.3 is 5.97 Å². The lowest BCUT2D eigenvalue weighted by Crippen LogP contribution is -2.50. The Balaban J connectivity index is 2.37. The van der Waals surface area contributed by atoms with Gasteiger partial charge in [-0.3, -0.25) is 14.4 Å². The molecule has 108 valence electrons. The van der Waals surface area contributed by atoms with E-state index >= 15 is 0 Å². The zero-order valence-electron chi connectivity index (χ0n) is 11.1. The van der Waals surface area contributed by atoms with Gasteiger partial charge in [-0.05, 0) is 26.2 Å². The summed E-state index contributed by atoms with van der Waals surface area (Å²) < 4.78 is 0. The summed E-state index contributed by atoms with van der Waals surface area (Å²) in [5, 5.41) is 11.0. The molecule has 4 N–H and O–H groups in total. The molecule has 2 unspecified atom stereocenters. The minimum Gasteiger partial charge on any atom is -0.481 e. The maximum absolute atomic E-state index is 11.9. The summed E-state index contributed by atoms with van der Waals surface area (Å²) in [6.07, 6.45) is 1.88. The van der Waals surface area contributed by atoms with Crippen LogP contribution in [0.3, 0.4) is 0 Å². The molecule has 1 aliphatic rings. The molecule has 0 aromatic heterocycles. The number of carboxylic acids is 1. The van der Waals surface area contributed by atoms with Crippen molar-refractivity contribution in [3.05, 3.63) is 0 Å². The molecule has 1 heterocycles. The smallest absolute Gasteiger partial charge is 0.303 e. The van der Waals surface area contributed by atoms with Gasteiger partial charge in [-0.15, -0.1) is 0 Å². The number of nitrogens with one attached hydrogen (secondary N) is 1. The van der Waals surface area contributed by atoms with Crippen molar-refractivity contribution < 1.29 is 19.5 Å². The number of hydrogen-bond acceptors (Lipinski definition) is 4. The predicted molar refractivity (Wildman–Crippen MR) is 68.3 cm³/mol. The third-order valence-corrected chi connectivity index (χ3v) is 3.15. The van der Waals surface area contributed by atoms with E-state index in [0.717, 1.165) is 25.9 Å². The summed E-state index contributed by atoms with van der Waals surface area (Å²) in [7, 11) is 0. The highest BCUT2D eigenvalue weighted by Gasteiger charge is 2.25. The maximum Gasteiger partial charge on any atom is 0.303 e. The molecular formula is C12H21N3O4. The molecule has 1 fully saturated rings. The van der Waals surface area contributed by atoms with Gasteiger partial charge in [0.15, 0.2) is 0 Å². The van der Waals surface area contributed by atoms with E-state index < -0.39 is 24.0 Å². The quantitative estimate of drug-likeness (QED) is 0.591. The van der Waals surface area contributed by atoms with Crippen molar-refractivity contribution in [3.8, 4) is 0 Å². The fourth-order valence-corrected chi connectivity index (χ4v) is 2.00. The Bertz CT molecular complexity index is 353. The van der Waals surface area contributed by atoms with Crippen LogP contribution in [-0.4, -0.2) is 53.0 Å². The van der Waals surface area contributed by atoms with E-state index in [1.807, 2.05) is 0 Å². The fraction of sp³-hybridized carbons (Fsp3) is 0.750. The van der Waals surface area contributed by atoms with Gasteiger partial charge in [-0.1, -0.05) is 0 Å². The van der Waals surface area contributed by atoms with Crippen molar-refractivity contribution in [1.29, 1.82) is 0 Å². The van der Waals surface area contributed by atoms with Crippen LogP contribution < -0.4 is 11.1 Å². The average Bonchev–Trinajstić information content (AvgIpc) is 2.88. The third kappa shape index (κ3) is 4.86. The van der Waals surface area contributed by atoms with Crippen molar-refractivity contribution in [2.24, 2.45) is 5.73 Å². The van der Waals surface area contributed by atoms with Crippen LogP contribution >= 0.6 is 0 Å². The van der Waals surface area contributed by atoms with Crippen LogP contribution in [0, 0.1) is 0 Å². The molecule has 2 amide bonds. The van der Waals surface area contributed by atoms with Crippen molar-refractivity contribution in [3.63, 3.8) is 0 Å². The van der Waals surface area contributed by atoms with Crippen LogP contribution in [0.5, 0.6) is 0 Å². The number of hydrogen-bond donors (Lipinski definition) is 3. The maximum atomic E-state index is 11.9. The standard InChI is InChI=1S/C12H21N3O4/c1-8(12(19)15-6-2-3-7-15)14-11(18)9(13)4-5-10(16)17/h8-9H,2-7,13H2,1H3,(H,14,18)(H,16,17). The molecule has 19 heavy (non-hydrogen) atoms. The summed E-state index contributed by atoms with van der Waals surface area (Å²) >= 11 is 0. The minimum absolute atomic E-state index is 0.0613. The number of carbonyl (C=O) groups excluding carboxylic acids is 2. The molecule has 0 saturated carbocycles. The van der Waals surface area contributed by atoms with E-state index in [1.54, 1.807) is 11.8 Å². The highest BCUT2D eigenvalue weighted by Crippen LogP contribution is 2.09. The average molecular weight is 271 g/mol. The first-order valence-corrected chi connectivity index (χ1v) is 6.48. The molecule has 0 aliphatic carbocycles. The molecule has 7 nitrogen and oxygen atoms in total. The number of nitrogens with zero attached hydrogens (tertiary/aromatic N) is 1. The predicted octanol–water partition coefficient (Wildman–Crippen LogP) is -0.694. The van der Waals surface area contributed by atoms with Gasteiger partial charge < -0.3 is 21.1 Å². The molecule has 1 aliphatic heterocycles. The molecule has 2 atom stereocenters. The minimum atomic E-state index is -0.996. The number of likely N-dealkylation sites (tertiary alicyclic amines) is 1. The summed E-state index contributed by atoms with van der Waals surface area (Å²) in [5.74, 6) is -1.60. The van der Waals surface area contributed by atoms with E-state index in [1.165, 1.54) is 0 Å². The second-order valence-corrected chi connectivity index (χ2v) is 4.80. The molecular weight excluding hydrogens is 250 g/mol. The Morgan fingerprint density at radius 3 is 2.42 bits per heavy atom. The first-order valence-electron chi connectivity index (χ1n) is 6.48. The molecule has 7 heteroatoms. The van der Waals surface area contributed by atoms with E-state index in [-0.39, 0.29) is 18.7 Å². The first-order chi connectivity index (χ1) is 8.91. The second-order valence-electron chi connectivity index (χ2n) is 4.80. The SMILES string of the molecule is CC(NC(=O)C(N)CCC(=O)O)C(=O)N1CCCC1. The van der Waals surface area contributed by atoms with Gasteiger partial charge in [0.05, 0.1) is 6.04 Å². The highest BCUT2D eigenvalue weighted by molar-refractivity contribution is 5.89. The molecule has 1 rings (SSSR count). The molecule has 0 bridgehead atoms. The number of carboxylic acid groups (broad SMARTS) is 1. The van der Waals surface area contributed by atoms with Gasteiger partial charge in [-0.2, -0.15) is 0 Å². The van der Waals surface area contributed by atoms with E-state index in [9.17, 15) is 14.4 Å². The van der Waals surface area contributed by atoms with Gasteiger partial charge in [-0.25, -0.2) is 0 Å². The highest BCUT2D eigenvalue weighted by atomic mass is 16.4. The van der Waals surface area contributed by atoms with Crippen LogP contribution in [0.4, 0.5) is 0 Å². The fourth-order valence-electron chi connectivity index (χ4n) is 2.00. The lowest BCUT2D eigenvalue weighted by atomic mass is 10.1. The van der Waals surface area contributed by atoms with Gasteiger partial charge in [0, 0.05) is 19.5 Å². The van der Waals surface area contributed by atoms with Crippen LogP contribution in [0.1, 0.15) is 32.6 Å². The van der Waals surface area contributed by atoms with Crippen molar-refractivity contribution >= 4 is 17.8 Å². The van der Waals surface area contributed by atoms with Gasteiger partial charge in [0.2, 0.25) is 11.8 Å².